The Morgan fingerprint density at radius 2 is 1.74 bits per heavy atom. The van der Waals surface area contributed by atoms with E-state index in [0.29, 0.717) is 54.1 Å². The number of amides is 2. The molecular formula is C24H25FN4O4S. The minimum absolute atomic E-state index is 0.0122. The molecule has 1 aromatic heterocycles. The second kappa shape index (κ2) is 10.5. The van der Waals surface area contributed by atoms with Gasteiger partial charge in [0.15, 0.2) is 16.6 Å². The highest BCUT2D eigenvalue weighted by Crippen LogP contribution is 2.28. The first-order valence-corrected chi connectivity index (χ1v) is 11.6. The fraction of sp³-hybridized carbons (Fsp3) is 0.292. The summed E-state index contributed by atoms with van der Waals surface area (Å²) < 4.78 is 23.6. The maximum Gasteiger partial charge on any atom is 0.257 e. The molecule has 2 heterocycles. The zero-order chi connectivity index (χ0) is 24.1. The fourth-order valence-electron chi connectivity index (χ4n) is 3.73. The number of nitrogens with zero attached hydrogens (tertiary/aromatic N) is 3. The number of hydrogen-bond acceptors (Lipinski definition) is 7. The Labute approximate surface area is 200 Å². The van der Waals surface area contributed by atoms with Crippen LogP contribution in [0.1, 0.15) is 16.1 Å². The molecule has 3 aromatic rings. The normalized spacial score (nSPS) is 13.5. The van der Waals surface area contributed by atoms with Crippen LogP contribution in [0.4, 0.5) is 15.2 Å². The molecule has 0 spiro atoms. The second-order valence-corrected chi connectivity index (χ2v) is 8.55. The van der Waals surface area contributed by atoms with E-state index in [9.17, 15) is 14.0 Å². The monoisotopic (exact) mass is 484 g/mol. The van der Waals surface area contributed by atoms with Gasteiger partial charge in [0.1, 0.15) is 5.82 Å². The first kappa shape index (κ1) is 23.5. The molecule has 0 radical (unpaired) electrons. The van der Waals surface area contributed by atoms with Crippen molar-refractivity contribution >= 4 is 34.0 Å². The molecule has 0 aliphatic carbocycles. The van der Waals surface area contributed by atoms with Gasteiger partial charge >= 0.3 is 0 Å². The summed E-state index contributed by atoms with van der Waals surface area (Å²) in [6.45, 7) is 2.54. The number of benzene rings is 2. The van der Waals surface area contributed by atoms with Crippen LogP contribution < -0.4 is 19.7 Å². The fourth-order valence-corrected chi connectivity index (χ4v) is 4.43. The summed E-state index contributed by atoms with van der Waals surface area (Å²) in [5.41, 5.74) is 1.96. The van der Waals surface area contributed by atoms with Crippen LogP contribution in [0.5, 0.6) is 11.5 Å². The number of piperazine rings is 1. The summed E-state index contributed by atoms with van der Waals surface area (Å²) >= 11 is 1.27. The van der Waals surface area contributed by atoms with Crippen LogP contribution in [-0.2, 0) is 11.2 Å². The largest absolute Gasteiger partial charge is 0.493 e. The lowest BCUT2D eigenvalue weighted by Crippen LogP contribution is -2.49. The van der Waals surface area contributed by atoms with E-state index in [1.54, 1.807) is 40.6 Å². The lowest BCUT2D eigenvalue weighted by atomic mass is 10.2. The molecule has 1 saturated heterocycles. The van der Waals surface area contributed by atoms with E-state index in [1.807, 2.05) is 0 Å². The highest BCUT2D eigenvalue weighted by Gasteiger charge is 2.22. The number of nitrogens with one attached hydrogen (secondary N) is 1. The Morgan fingerprint density at radius 1 is 1.03 bits per heavy atom. The summed E-state index contributed by atoms with van der Waals surface area (Å²) in [7, 11) is 3.04. The van der Waals surface area contributed by atoms with Crippen molar-refractivity contribution in [3.05, 3.63) is 64.9 Å². The number of methoxy groups -OCH3 is 2. The maximum absolute atomic E-state index is 13.1. The van der Waals surface area contributed by atoms with E-state index in [2.05, 4.69) is 15.2 Å². The SMILES string of the molecule is COc1ccc(C(=O)Nc2nc(CC(=O)N3CCN(c4ccc(F)cc4)CC3)cs2)cc1OC. The number of aromatic nitrogens is 1. The first-order valence-electron chi connectivity index (χ1n) is 10.7. The van der Waals surface area contributed by atoms with E-state index in [-0.39, 0.29) is 24.1 Å². The van der Waals surface area contributed by atoms with E-state index in [0.717, 1.165) is 5.69 Å². The number of carbonyl (C=O) groups is 2. The Balaban J connectivity index is 1.30. The number of thiazole rings is 1. The average Bonchev–Trinajstić information content (AvgIpc) is 3.30. The van der Waals surface area contributed by atoms with Gasteiger partial charge < -0.3 is 19.3 Å². The van der Waals surface area contributed by atoms with Gasteiger partial charge in [-0.25, -0.2) is 9.37 Å². The van der Waals surface area contributed by atoms with Gasteiger partial charge in [0.05, 0.1) is 26.3 Å². The predicted molar refractivity (Wildman–Crippen MR) is 129 cm³/mol. The number of ether oxygens (including phenoxy) is 2. The topological polar surface area (TPSA) is 84.0 Å². The van der Waals surface area contributed by atoms with Crippen molar-refractivity contribution in [3.8, 4) is 11.5 Å². The predicted octanol–water partition coefficient (Wildman–Crippen LogP) is 3.44. The van der Waals surface area contributed by atoms with Crippen molar-refractivity contribution in [3.63, 3.8) is 0 Å². The van der Waals surface area contributed by atoms with Crippen molar-refractivity contribution in [2.45, 2.75) is 6.42 Å². The minimum atomic E-state index is -0.329. The number of anilines is 2. The molecule has 0 bridgehead atoms. The zero-order valence-corrected chi connectivity index (χ0v) is 19.7. The van der Waals surface area contributed by atoms with Gasteiger partial charge in [-0.2, -0.15) is 0 Å². The first-order chi connectivity index (χ1) is 16.5. The lowest BCUT2D eigenvalue weighted by molar-refractivity contribution is -0.130. The number of hydrogen-bond donors (Lipinski definition) is 1. The van der Waals surface area contributed by atoms with Gasteiger partial charge in [0.25, 0.3) is 5.91 Å². The highest BCUT2D eigenvalue weighted by atomic mass is 32.1. The maximum atomic E-state index is 13.1. The molecule has 2 amide bonds. The van der Waals surface area contributed by atoms with E-state index >= 15 is 0 Å². The third kappa shape index (κ3) is 5.45. The lowest BCUT2D eigenvalue weighted by Gasteiger charge is -2.36. The molecule has 1 N–H and O–H groups in total. The summed E-state index contributed by atoms with van der Waals surface area (Å²) in [6.07, 6.45) is 0.166. The van der Waals surface area contributed by atoms with Gasteiger partial charge in [0.2, 0.25) is 5.91 Å². The van der Waals surface area contributed by atoms with Crippen molar-refractivity contribution in [1.29, 1.82) is 0 Å². The van der Waals surface area contributed by atoms with E-state index in [4.69, 9.17) is 9.47 Å². The van der Waals surface area contributed by atoms with Crippen LogP contribution in [0.25, 0.3) is 0 Å². The van der Waals surface area contributed by atoms with Gasteiger partial charge in [0, 0.05) is 42.8 Å². The Hall–Kier alpha value is -3.66. The number of carbonyl (C=O) groups excluding carboxylic acids is 2. The van der Waals surface area contributed by atoms with E-state index in [1.165, 1.54) is 37.7 Å². The van der Waals surface area contributed by atoms with Gasteiger partial charge in [-0.1, -0.05) is 0 Å². The Bertz CT molecular complexity index is 1160. The van der Waals surface area contributed by atoms with E-state index < -0.39 is 0 Å². The molecule has 1 aliphatic rings. The highest BCUT2D eigenvalue weighted by molar-refractivity contribution is 7.14. The molecule has 1 aliphatic heterocycles. The molecule has 34 heavy (non-hydrogen) atoms. The van der Waals surface area contributed by atoms with Crippen LogP contribution in [0, 0.1) is 5.82 Å². The van der Waals surface area contributed by atoms with Crippen molar-refractivity contribution < 1.29 is 23.5 Å². The molecule has 0 saturated carbocycles. The van der Waals surface area contributed by atoms with Crippen molar-refractivity contribution in [1.82, 2.24) is 9.88 Å². The Kier molecular flexibility index (Phi) is 7.27. The van der Waals surface area contributed by atoms with Crippen LogP contribution in [-0.4, -0.2) is 62.1 Å². The smallest absolute Gasteiger partial charge is 0.257 e. The minimum Gasteiger partial charge on any atom is -0.493 e. The summed E-state index contributed by atoms with van der Waals surface area (Å²) in [4.78, 5) is 33.7. The molecule has 2 aromatic carbocycles. The third-order valence-corrected chi connectivity index (χ3v) is 6.38. The number of halogens is 1. The van der Waals surface area contributed by atoms with Crippen molar-refractivity contribution in [2.75, 3.05) is 50.6 Å². The second-order valence-electron chi connectivity index (χ2n) is 7.69. The van der Waals surface area contributed by atoms with Gasteiger partial charge in [-0.05, 0) is 42.5 Å². The van der Waals surface area contributed by atoms with Gasteiger partial charge in [-0.3, -0.25) is 14.9 Å². The third-order valence-electron chi connectivity index (χ3n) is 5.57. The molecule has 0 unspecified atom stereocenters. The van der Waals surface area contributed by atoms with Crippen LogP contribution in [0.2, 0.25) is 0 Å². The molecule has 10 heteroatoms. The Morgan fingerprint density at radius 3 is 2.41 bits per heavy atom. The standard InChI is InChI=1S/C24H25FN4O4S/c1-32-20-8-3-16(13-21(20)33-2)23(31)27-24-26-18(15-34-24)14-22(30)29-11-9-28(10-12-29)19-6-4-17(25)5-7-19/h3-8,13,15H,9-12,14H2,1-2H3,(H,26,27,31). The van der Waals surface area contributed by atoms with Crippen LogP contribution >= 0.6 is 11.3 Å². The molecule has 178 valence electrons. The summed E-state index contributed by atoms with van der Waals surface area (Å²) in [6, 6.07) is 11.3. The molecule has 0 atom stereocenters. The molecule has 4 rings (SSSR count). The van der Waals surface area contributed by atoms with Crippen LogP contribution in [0.3, 0.4) is 0 Å². The summed E-state index contributed by atoms with van der Waals surface area (Å²) in [5, 5.41) is 4.96. The van der Waals surface area contributed by atoms with Gasteiger partial charge in [-0.15, -0.1) is 11.3 Å². The zero-order valence-electron chi connectivity index (χ0n) is 18.9. The molecule has 8 nitrogen and oxygen atoms in total. The summed E-state index contributed by atoms with van der Waals surface area (Å²) in [5.74, 6) is 0.389. The molecule has 1 fully saturated rings. The van der Waals surface area contributed by atoms with Crippen LogP contribution in [0.15, 0.2) is 47.8 Å². The average molecular weight is 485 g/mol. The van der Waals surface area contributed by atoms with Crippen molar-refractivity contribution in [2.24, 2.45) is 0 Å². The quantitative estimate of drug-likeness (QED) is 0.553. The number of rotatable bonds is 7. The molecular weight excluding hydrogens is 459 g/mol.